The molecule has 1 aromatic heterocycles. The third kappa shape index (κ3) is 7.48. The second kappa shape index (κ2) is 14.2. The topological polar surface area (TPSA) is 116 Å². The molecule has 2 aromatic carbocycles. The lowest BCUT2D eigenvalue weighted by Crippen LogP contribution is -2.47. The van der Waals surface area contributed by atoms with Crippen LogP contribution in [0, 0.1) is 5.82 Å². The SMILES string of the molecule is CCOP(=O)(COc1ccc2c(C(C)=O)cn(CC(=O)N3C[C@H](F)C[C@H]3C(=O)N[C@H](C)c3cccc(Cl)c3F)c2c1)OCC. The molecule has 14 heteroatoms. The quantitative estimate of drug-likeness (QED) is 0.176. The number of carbonyl (C=O) groups excluding carboxylic acids is 3. The molecule has 0 aliphatic carbocycles. The number of Topliss-reactive ketones (excluding diaryl/α,β-unsaturated/α-hetero) is 1. The predicted molar refractivity (Wildman–Crippen MR) is 161 cm³/mol. The Morgan fingerprint density at radius 3 is 2.52 bits per heavy atom. The number of nitrogens with zero attached hydrogens (tertiary/aromatic N) is 2. The molecule has 4 rings (SSSR count). The van der Waals surface area contributed by atoms with E-state index in [0.29, 0.717) is 22.2 Å². The molecule has 3 aromatic rings. The number of benzene rings is 2. The Labute approximate surface area is 259 Å². The van der Waals surface area contributed by atoms with Gasteiger partial charge in [-0.05, 0) is 45.9 Å². The number of amides is 2. The Bertz CT molecular complexity index is 1590. The van der Waals surface area contributed by atoms with Crippen LogP contribution in [0.4, 0.5) is 8.78 Å². The summed E-state index contributed by atoms with van der Waals surface area (Å²) in [6, 6.07) is 7.34. The van der Waals surface area contributed by atoms with Gasteiger partial charge in [-0.25, -0.2) is 8.78 Å². The molecule has 0 radical (unpaired) electrons. The fourth-order valence-corrected chi connectivity index (χ4v) is 6.72. The van der Waals surface area contributed by atoms with Gasteiger partial charge < -0.3 is 28.6 Å². The Balaban J connectivity index is 1.55. The Morgan fingerprint density at radius 1 is 1.16 bits per heavy atom. The van der Waals surface area contributed by atoms with E-state index < -0.39 is 43.5 Å². The molecule has 1 N–H and O–H groups in total. The number of aromatic nitrogens is 1. The molecule has 2 amide bonds. The van der Waals surface area contributed by atoms with Crippen molar-refractivity contribution in [2.75, 3.05) is 26.1 Å². The van der Waals surface area contributed by atoms with Gasteiger partial charge in [0.25, 0.3) is 0 Å². The zero-order valence-corrected chi connectivity index (χ0v) is 26.5. The number of likely N-dealkylation sites (tertiary alicyclic amines) is 1. The molecule has 44 heavy (non-hydrogen) atoms. The normalized spacial score (nSPS) is 17.6. The Hall–Kier alpha value is -3.31. The van der Waals surface area contributed by atoms with Crippen molar-refractivity contribution in [1.29, 1.82) is 0 Å². The fourth-order valence-electron chi connectivity index (χ4n) is 5.22. The second-order valence-electron chi connectivity index (χ2n) is 10.4. The average Bonchev–Trinajstić information content (AvgIpc) is 3.54. The van der Waals surface area contributed by atoms with Gasteiger partial charge in [-0.3, -0.25) is 18.9 Å². The van der Waals surface area contributed by atoms with Gasteiger partial charge >= 0.3 is 7.60 Å². The van der Waals surface area contributed by atoms with E-state index in [1.807, 2.05) is 0 Å². The van der Waals surface area contributed by atoms with E-state index in [1.165, 1.54) is 29.8 Å². The van der Waals surface area contributed by atoms with Crippen molar-refractivity contribution in [1.82, 2.24) is 14.8 Å². The lowest BCUT2D eigenvalue weighted by molar-refractivity contribution is -0.139. The van der Waals surface area contributed by atoms with Crippen molar-refractivity contribution in [3.8, 4) is 5.75 Å². The van der Waals surface area contributed by atoms with Crippen molar-refractivity contribution < 1.29 is 41.5 Å². The number of hydrogen-bond donors (Lipinski definition) is 1. The van der Waals surface area contributed by atoms with Crippen LogP contribution >= 0.6 is 19.2 Å². The van der Waals surface area contributed by atoms with Crippen LogP contribution in [-0.2, 0) is 29.7 Å². The third-order valence-electron chi connectivity index (χ3n) is 7.26. The highest BCUT2D eigenvalue weighted by atomic mass is 35.5. The highest BCUT2D eigenvalue weighted by Crippen LogP contribution is 2.48. The maximum atomic E-state index is 14.6. The highest BCUT2D eigenvalue weighted by Gasteiger charge is 2.40. The first-order valence-corrected chi connectivity index (χ1v) is 16.3. The van der Waals surface area contributed by atoms with E-state index in [0.717, 1.165) is 4.90 Å². The number of alkyl halides is 1. The van der Waals surface area contributed by atoms with Gasteiger partial charge in [0.2, 0.25) is 11.8 Å². The van der Waals surface area contributed by atoms with Gasteiger partial charge in [0, 0.05) is 35.2 Å². The number of ether oxygens (including phenoxy) is 1. The molecule has 0 spiro atoms. The molecule has 1 aliphatic heterocycles. The minimum atomic E-state index is -3.51. The van der Waals surface area contributed by atoms with Crippen molar-refractivity contribution in [3.63, 3.8) is 0 Å². The maximum absolute atomic E-state index is 14.6. The van der Waals surface area contributed by atoms with Crippen LogP contribution in [0.15, 0.2) is 42.6 Å². The third-order valence-corrected chi connectivity index (χ3v) is 9.30. The van der Waals surface area contributed by atoms with E-state index in [-0.39, 0.29) is 55.4 Å². The summed E-state index contributed by atoms with van der Waals surface area (Å²) in [6.45, 7) is 6.05. The zero-order chi connectivity index (χ0) is 32.2. The summed E-state index contributed by atoms with van der Waals surface area (Å²) in [6.07, 6.45) is -0.486. The van der Waals surface area contributed by atoms with Crippen molar-refractivity contribution in [2.24, 2.45) is 0 Å². The largest absolute Gasteiger partial charge is 0.481 e. The first-order chi connectivity index (χ1) is 20.9. The lowest BCUT2D eigenvalue weighted by Gasteiger charge is -2.26. The summed E-state index contributed by atoms with van der Waals surface area (Å²) in [7, 11) is -3.51. The molecule has 2 heterocycles. The van der Waals surface area contributed by atoms with E-state index >= 15 is 0 Å². The van der Waals surface area contributed by atoms with Gasteiger partial charge in [-0.2, -0.15) is 0 Å². The van der Waals surface area contributed by atoms with Crippen molar-refractivity contribution in [3.05, 3.63) is 64.6 Å². The summed E-state index contributed by atoms with van der Waals surface area (Å²) in [5.74, 6) is -1.80. The first kappa shape index (κ1) is 33.6. The monoisotopic (exact) mass is 653 g/mol. The van der Waals surface area contributed by atoms with Crippen molar-refractivity contribution >= 4 is 47.7 Å². The van der Waals surface area contributed by atoms with Crippen LogP contribution < -0.4 is 10.1 Å². The van der Waals surface area contributed by atoms with E-state index in [4.69, 9.17) is 25.4 Å². The van der Waals surface area contributed by atoms with Gasteiger partial charge in [0.05, 0.1) is 36.3 Å². The number of hydrogen-bond acceptors (Lipinski definition) is 7. The second-order valence-corrected chi connectivity index (χ2v) is 12.8. The minimum Gasteiger partial charge on any atom is -0.481 e. The number of nitrogens with one attached hydrogen (secondary N) is 1. The Kier molecular flexibility index (Phi) is 10.8. The number of ketones is 1. The predicted octanol–water partition coefficient (Wildman–Crippen LogP) is 6.06. The molecule has 10 nitrogen and oxygen atoms in total. The first-order valence-electron chi connectivity index (χ1n) is 14.2. The molecule has 238 valence electrons. The van der Waals surface area contributed by atoms with Crippen LogP contribution in [0.3, 0.4) is 0 Å². The average molecular weight is 654 g/mol. The summed E-state index contributed by atoms with van der Waals surface area (Å²) < 4.78 is 59.7. The summed E-state index contributed by atoms with van der Waals surface area (Å²) in [4.78, 5) is 40.3. The van der Waals surface area contributed by atoms with Crippen LogP contribution in [-0.4, -0.2) is 65.4 Å². The number of rotatable bonds is 13. The molecular formula is C30H35ClF2N3O7P. The van der Waals surface area contributed by atoms with Gasteiger partial charge in [0.15, 0.2) is 12.1 Å². The summed E-state index contributed by atoms with van der Waals surface area (Å²) in [5.41, 5.74) is 0.974. The van der Waals surface area contributed by atoms with E-state index in [1.54, 1.807) is 45.0 Å². The number of halogens is 3. The maximum Gasteiger partial charge on any atom is 0.367 e. The van der Waals surface area contributed by atoms with E-state index in [2.05, 4.69) is 5.32 Å². The lowest BCUT2D eigenvalue weighted by atomic mass is 10.1. The van der Waals surface area contributed by atoms with Crippen LogP contribution in [0.1, 0.15) is 56.1 Å². The molecule has 0 unspecified atom stereocenters. The van der Waals surface area contributed by atoms with Crippen LogP contribution in [0.25, 0.3) is 10.9 Å². The molecule has 1 aliphatic rings. The fraction of sp³-hybridized carbons (Fsp3) is 0.433. The van der Waals surface area contributed by atoms with Gasteiger partial charge in [0.1, 0.15) is 30.3 Å². The highest BCUT2D eigenvalue weighted by molar-refractivity contribution is 7.53. The summed E-state index contributed by atoms with van der Waals surface area (Å²) >= 11 is 5.87. The standard InChI is InChI=1S/C30H35ClF2N3O7P/c1-5-42-44(40,43-6-2)17-41-21-10-11-23-24(19(4)37)15-35(26(23)13-21)16-28(38)36-14-20(32)12-27(36)30(39)34-18(3)22-8-7-9-25(31)29(22)33/h7-11,13,15,18,20,27H,5-6,12,14,16-17H2,1-4H3,(H,34,39)/t18-,20-,27+/m1/s1. The van der Waals surface area contributed by atoms with Gasteiger partial charge in [-0.15, -0.1) is 0 Å². The minimum absolute atomic E-state index is 0.0971. The molecule has 0 saturated carbocycles. The zero-order valence-electron chi connectivity index (χ0n) is 24.8. The molecule has 0 bridgehead atoms. The molecule has 1 saturated heterocycles. The summed E-state index contributed by atoms with van der Waals surface area (Å²) in [5, 5.41) is 3.12. The van der Waals surface area contributed by atoms with Crippen LogP contribution in [0.2, 0.25) is 5.02 Å². The molecular weight excluding hydrogens is 619 g/mol. The number of fused-ring (bicyclic) bond motifs is 1. The smallest absolute Gasteiger partial charge is 0.367 e. The molecule has 3 atom stereocenters. The molecule has 1 fully saturated rings. The Morgan fingerprint density at radius 2 is 1.86 bits per heavy atom. The number of carbonyl (C=O) groups is 3. The van der Waals surface area contributed by atoms with Crippen molar-refractivity contribution in [2.45, 2.75) is 58.9 Å². The van der Waals surface area contributed by atoms with Crippen LogP contribution in [0.5, 0.6) is 5.75 Å². The van der Waals surface area contributed by atoms with E-state index in [9.17, 15) is 27.7 Å². The van der Waals surface area contributed by atoms with Gasteiger partial charge in [-0.1, -0.05) is 23.7 Å².